The minimum Gasteiger partial charge on any atom is -0.395 e. The third-order valence-electron chi connectivity index (χ3n) is 3.76. The maximum atomic E-state index is 12.3. The predicted molar refractivity (Wildman–Crippen MR) is 91.5 cm³/mol. The van der Waals surface area contributed by atoms with E-state index in [1.165, 1.54) is 0 Å². The second-order valence-corrected chi connectivity index (χ2v) is 7.16. The molecule has 6 heteroatoms. The summed E-state index contributed by atoms with van der Waals surface area (Å²) in [5, 5.41) is 12.3. The van der Waals surface area contributed by atoms with Gasteiger partial charge >= 0.3 is 0 Å². The van der Waals surface area contributed by atoms with Crippen molar-refractivity contribution >= 4 is 43.5 Å². The highest BCUT2D eigenvalue weighted by molar-refractivity contribution is 9.11. The molecule has 0 aromatic heterocycles. The first kappa shape index (κ1) is 16.9. The number of hydrogen-bond donors (Lipinski definition) is 2. The Labute approximate surface area is 142 Å². The number of piperidine rings is 1. The van der Waals surface area contributed by atoms with Gasteiger partial charge in [0, 0.05) is 15.0 Å². The van der Waals surface area contributed by atoms with Crippen molar-refractivity contribution in [1.29, 1.82) is 0 Å². The van der Waals surface area contributed by atoms with Gasteiger partial charge in [0.25, 0.3) is 0 Å². The van der Waals surface area contributed by atoms with E-state index in [-0.39, 0.29) is 18.6 Å². The summed E-state index contributed by atoms with van der Waals surface area (Å²) in [4.78, 5) is 14.3. The van der Waals surface area contributed by atoms with E-state index in [4.69, 9.17) is 0 Å². The molecule has 21 heavy (non-hydrogen) atoms. The maximum absolute atomic E-state index is 12.3. The van der Waals surface area contributed by atoms with Gasteiger partial charge in [0.05, 0.1) is 18.8 Å². The number of aryl methyl sites for hydroxylation is 1. The number of likely N-dealkylation sites (tertiary alicyclic amines) is 1. The zero-order valence-electron chi connectivity index (χ0n) is 12.0. The number of carbonyl (C=O) groups is 1. The molecule has 1 aliphatic heterocycles. The highest BCUT2D eigenvalue weighted by Gasteiger charge is 2.24. The smallest absolute Gasteiger partial charge is 0.238 e. The van der Waals surface area contributed by atoms with Gasteiger partial charge in [0.1, 0.15) is 0 Å². The summed E-state index contributed by atoms with van der Waals surface area (Å²) in [5.41, 5.74) is 1.87. The van der Waals surface area contributed by atoms with Crippen LogP contribution in [0, 0.1) is 6.92 Å². The van der Waals surface area contributed by atoms with Crippen molar-refractivity contribution in [3.8, 4) is 0 Å². The normalized spacial score (nSPS) is 19.5. The van der Waals surface area contributed by atoms with E-state index >= 15 is 0 Å². The molecule has 0 bridgehead atoms. The molecule has 1 fully saturated rings. The number of benzene rings is 1. The minimum atomic E-state index is -0.0550. The van der Waals surface area contributed by atoms with Crippen LogP contribution in [0.25, 0.3) is 0 Å². The van der Waals surface area contributed by atoms with Crippen molar-refractivity contribution < 1.29 is 9.90 Å². The number of halogens is 2. The van der Waals surface area contributed by atoms with Crippen molar-refractivity contribution in [3.05, 3.63) is 26.6 Å². The first-order chi connectivity index (χ1) is 10.0. The third kappa shape index (κ3) is 4.52. The number of aliphatic hydroxyl groups excluding tert-OH is 1. The van der Waals surface area contributed by atoms with Crippen LogP contribution in [0.1, 0.15) is 24.8 Å². The summed E-state index contributed by atoms with van der Waals surface area (Å²) in [5.74, 6) is -0.0550. The summed E-state index contributed by atoms with van der Waals surface area (Å²) in [6.07, 6.45) is 3.17. The topological polar surface area (TPSA) is 52.6 Å². The average Bonchev–Trinajstić information content (AvgIpc) is 2.43. The lowest BCUT2D eigenvalue weighted by atomic mass is 10.0. The van der Waals surface area contributed by atoms with Gasteiger partial charge in [0.15, 0.2) is 0 Å². The Morgan fingerprint density at radius 2 is 2.05 bits per heavy atom. The number of hydrogen-bond acceptors (Lipinski definition) is 3. The summed E-state index contributed by atoms with van der Waals surface area (Å²) in [7, 11) is 0. The van der Waals surface area contributed by atoms with Gasteiger partial charge in [-0.05, 0) is 75.9 Å². The fourth-order valence-electron chi connectivity index (χ4n) is 2.66. The molecule has 116 valence electrons. The minimum absolute atomic E-state index is 0.0550. The van der Waals surface area contributed by atoms with Crippen LogP contribution in [0.3, 0.4) is 0 Å². The molecule has 1 aliphatic rings. The van der Waals surface area contributed by atoms with Crippen molar-refractivity contribution in [2.45, 2.75) is 32.2 Å². The predicted octanol–water partition coefficient (Wildman–Crippen LogP) is 3.31. The van der Waals surface area contributed by atoms with Crippen molar-refractivity contribution in [3.63, 3.8) is 0 Å². The molecular formula is C15H20Br2N2O2. The van der Waals surface area contributed by atoms with E-state index in [2.05, 4.69) is 42.1 Å². The molecule has 0 saturated carbocycles. The van der Waals surface area contributed by atoms with Crippen LogP contribution < -0.4 is 5.32 Å². The van der Waals surface area contributed by atoms with Crippen LogP contribution >= 0.6 is 31.9 Å². The molecule has 0 aliphatic carbocycles. The van der Waals surface area contributed by atoms with Gasteiger partial charge in [-0.3, -0.25) is 9.69 Å². The van der Waals surface area contributed by atoms with Crippen LogP contribution in [-0.4, -0.2) is 41.7 Å². The van der Waals surface area contributed by atoms with Crippen LogP contribution in [-0.2, 0) is 4.79 Å². The SMILES string of the molecule is Cc1cc(Br)c(NC(=O)CN2CCCCC2CO)c(Br)c1. The fraction of sp³-hybridized carbons (Fsp3) is 0.533. The summed E-state index contributed by atoms with van der Waals surface area (Å²) in [6, 6.07) is 4.05. The van der Waals surface area contributed by atoms with Crippen molar-refractivity contribution in [1.82, 2.24) is 4.90 Å². The Bertz CT molecular complexity index is 499. The van der Waals surface area contributed by atoms with Gasteiger partial charge < -0.3 is 10.4 Å². The molecule has 1 amide bonds. The number of carbonyl (C=O) groups excluding carboxylic acids is 1. The van der Waals surface area contributed by atoms with Crippen LogP contribution in [0.2, 0.25) is 0 Å². The van der Waals surface area contributed by atoms with E-state index in [1.54, 1.807) is 0 Å². The second kappa shape index (κ2) is 7.72. The van der Waals surface area contributed by atoms with E-state index in [0.29, 0.717) is 6.54 Å². The van der Waals surface area contributed by atoms with E-state index < -0.39 is 0 Å². The number of aliphatic hydroxyl groups is 1. The molecule has 2 N–H and O–H groups in total. The van der Waals surface area contributed by atoms with Gasteiger partial charge in [-0.25, -0.2) is 0 Å². The quantitative estimate of drug-likeness (QED) is 0.787. The lowest BCUT2D eigenvalue weighted by Crippen LogP contribution is -2.45. The Morgan fingerprint density at radius 1 is 1.38 bits per heavy atom. The zero-order chi connectivity index (χ0) is 15.4. The Hall–Kier alpha value is -0.430. The number of amides is 1. The van der Waals surface area contributed by atoms with Crippen LogP contribution in [0.4, 0.5) is 5.69 Å². The molecule has 1 unspecified atom stereocenters. The summed E-state index contributed by atoms with van der Waals surface area (Å²) in [6.45, 7) is 3.30. The fourth-order valence-corrected chi connectivity index (χ4v) is 4.27. The lowest BCUT2D eigenvalue weighted by molar-refractivity contribution is -0.118. The Kier molecular flexibility index (Phi) is 6.22. The molecular weight excluding hydrogens is 400 g/mol. The second-order valence-electron chi connectivity index (χ2n) is 5.45. The molecule has 0 spiro atoms. The van der Waals surface area contributed by atoms with Crippen LogP contribution in [0.15, 0.2) is 21.1 Å². The highest BCUT2D eigenvalue weighted by Crippen LogP contribution is 2.32. The maximum Gasteiger partial charge on any atom is 0.238 e. The molecule has 1 atom stereocenters. The molecule has 0 radical (unpaired) electrons. The van der Waals surface area contributed by atoms with Gasteiger partial charge in [-0.2, -0.15) is 0 Å². The van der Waals surface area contributed by atoms with Crippen molar-refractivity contribution in [2.75, 3.05) is 25.0 Å². The summed E-state index contributed by atoms with van der Waals surface area (Å²) >= 11 is 6.96. The number of nitrogens with one attached hydrogen (secondary N) is 1. The third-order valence-corrected chi connectivity index (χ3v) is 5.01. The van der Waals surface area contributed by atoms with Gasteiger partial charge in [-0.15, -0.1) is 0 Å². The van der Waals surface area contributed by atoms with E-state index in [9.17, 15) is 9.90 Å². The lowest BCUT2D eigenvalue weighted by Gasteiger charge is -2.33. The molecule has 1 aromatic carbocycles. The Morgan fingerprint density at radius 3 is 2.67 bits per heavy atom. The monoisotopic (exact) mass is 418 g/mol. The van der Waals surface area contributed by atoms with E-state index in [0.717, 1.165) is 46.0 Å². The Balaban J connectivity index is 2.01. The molecule has 1 heterocycles. The summed E-state index contributed by atoms with van der Waals surface area (Å²) < 4.78 is 1.72. The molecule has 4 nitrogen and oxygen atoms in total. The van der Waals surface area contributed by atoms with Gasteiger partial charge in [0.2, 0.25) is 5.91 Å². The number of anilines is 1. The van der Waals surface area contributed by atoms with Crippen LogP contribution in [0.5, 0.6) is 0 Å². The zero-order valence-corrected chi connectivity index (χ0v) is 15.2. The molecule has 1 saturated heterocycles. The highest BCUT2D eigenvalue weighted by atomic mass is 79.9. The number of nitrogens with zero attached hydrogens (tertiary/aromatic N) is 1. The molecule has 1 aromatic rings. The van der Waals surface area contributed by atoms with Gasteiger partial charge in [-0.1, -0.05) is 6.42 Å². The van der Waals surface area contributed by atoms with E-state index in [1.807, 2.05) is 19.1 Å². The van der Waals surface area contributed by atoms with Crippen molar-refractivity contribution in [2.24, 2.45) is 0 Å². The largest absolute Gasteiger partial charge is 0.395 e. The molecule has 2 rings (SSSR count). The first-order valence-electron chi connectivity index (χ1n) is 7.11. The number of rotatable bonds is 4. The standard InChI is InChI=1S/C15H20Br2N2O2/c1-10-6-12(16)15(13(17)7-10)18-14(21)8-19-5-3-2-4-11(19)9-20/h6-7,11,20H,2-5,8-9H2,1H3,(H,18,21). The first-order valence-corrected chi connectivity index (χ1v) is 8.70. The average molecular weight is 420 g/mol.